The molecule has 2 rings (SSSR count). The van der Waals surface area contributed by atoms with Gasteiger partial charge in [-0.05, 0) is 40.2 Å². The van der Waals surface area contributed by atoms with Crippen LogP contribution in [0.1, 0.15) is 10.5 Å². The average molecular weight is 283 g/mol. The van der Waals surface area contributed by atoms with Crippen LogP contribution in [0.5, 0.6) is 0 Å². The smallest absolute Gasteiger partial charge is 0.171 e. The Hall–Kier alpha value is -1.49. The predicted molar refractivity (Wildman–Crippen MR) is 61.7 cm³/mol. The molecule has 1 aromatic heterocycles. The molecule has 5 heteroatoms. The Kier molecular flexibility index (Phi) is 2.87. The zero-order valence-corrected chi connectivity index (χ0v) is 10.0. The van der Waals surface area contributed by atoms with Gasteiger partial charge in [-0.3, -0.25) is 9.48 Å². The number of aryl methyl sites for hydroxylation is 1. The Bertz CT molecular complexity index is 534. The van der Waals surface area contributed by atoms with Crippen molar-refractivity contribution in [2.45, 2.75) is 0 Å². The molecule has 0 amide bonds. The summed E-state index contributed by atoms with van der Waals surface area (Å²) in [5, 5.41) is 4.04. The van der Waals surface area contributed by atoms with Crippen LogP contribution < -0.4 is 0 Å². The van der Waals surface area contributed by atoms with Crippen LogP contribution in [0.15, 0.2) is 28.7 Å². The molecule has 82 valence electrons. The minimum atomic E-state index is -0.294. The summed E-state index contributed by atoms with van der Waals surface area (Å²) in [5.74, 6) is -0.294. The van der Waals surface area contributed by atoms with E-state index >= 15 is 0 Å². The molecular formula is C11H8BrFN2O. The number of hydrogen-bond donors (Lipinski definition) is 0. The molecule has 0 fully saturated rings. The molecule has 3 nitrogen and oxygen atoms in total. The molecule has 2 aromatic rings. The van der Waals surface area contributed by atoms with E-state index in [-0.39, 0.29) is 5.82 Å². The second kappa shape index (κ2) is 4.17. The van der Waals surface area contributed by atoms with E-state index < -0.39 is 0 Å². The summed E-state index contributed by atoms with van der Waals surface area (Å²) in [6.45, 7) is 0. The highest BCUT2D eigenvalue weighted by Crippen LogP contribution is 2.29. The first kappa shape index (κ1) is 11.0. The zero-order chi connectivity index (χ0) is 11.7. The lowest BCUT2D eigenvalue weighted by Gasteiger charge is -2.02. The number of nitrogens with zero attached hydrogens (tertiary/aromatic N) is 2. The lowest BCUT2D eigenvalue weighted by Crippen LogP contribution is -1.94. The summed E-state index contributed by atoms with van der Waals surface area (Å²) in [7, 11) is 1.73. The summed E-state index contributed by atoms with van der Waals surface area (Å²) < 4.78 is 15.0. The number of halogens is 2. The van der Waals surface area contributed by atoms with E-state index in [1.807, 2.05) is 0 Å². The highest BCUT2D eigenvalue weighted by atomic mass is 79.9. The van der Waals surface area contributed by atoms with Crippen LogP contribution in [0.4, 0.5) is 4.39 Å². The standard InChI is InChI=1S/C11H8BrFN2O/c1-15-11(10(12)9(6-16)14-15)7-2-4-8(13)5-3-7/h2-6H,1H3. The van der Waals surface area contributed by atoms with E-state index in [9.17, 15) is 9.18 Å². The van der Waals surface area contributed by atoms with E-state index in [1.54, 1.807) is 23.9 Å². The molecule has 0 radical (unpaired) electrons. The number of rotatable bonds is 2. The maximum absolute atomic E-state index is 12.8. The molecule has 0 N–H and O–H groups in total. The maximum atomic E-state index is 12.8. The summed E-state index contributed by atoms with van der Waals surface area (Å²) >= 11 is 3.31. The first-order chi connectivity index (χ1) is 7.63. The molecule has 16 heavy (non-hydrogen) atoms. The molecule has 0 unspecified atom stereocenters. The van der Waals surface area contributed by atoms with Crippen molar-refractivity contribution >= 4 is 22.2 Å². The van der Waals surface area contributed by atoms with Gasteiger partial charge in [0.15, 0.2) is 6.29 Å². The molecule has 0 saturated carbocycles. The number of aldehydes is 1. The van der Waals surface area contributed by atoms with Crippen molar-refractivity contribution in [3.8, 4) is 11.3 Å². The quantitative estimate of drug-likeness (QED) is 0.794. The van der Waals surface area contributed by atoms with E-state index in [0.717, 1.165) is 11.3 Å². The number of aromatic nitrogens is 2. The van der Waals surface area contributed by atoms with Gasteiger partial charge in [0.1, 0.15) is 11.5 Å². The monoisotopic (exact) mass is 282 g/mol. The van der Waals surface area contributed by atoms with Crippen LogP contribution in [-0.4, -0.2) is 16.1 Å². The van der Waals surface area contributed by atoms with Gasteiger partial charge >= 0.3 is 0 Å². The van der Waals surface area contributed by atoms with E-state index in [4.69, 9.17) is 0 Å². The third-order valence-corrected chi connectivity index (χ3v) is 3.03. The average Bonchev–Trinajstić information content (AvgIpc) is 2.56. The molecule has 0 aliphatic rings. The Morgan fingerprint density at radius 2 is 2.00 bits per heavy atom. The van der Waals surface area contributed by atoms with Crippen LogP contribution in [0.2, 0.25) is 0 Å². The molecule has 0 atom stereocenters. The van der Waals surface area contributed by atoms with Gasteiger partial charge in [-0.25, -0.2) is 4.39 Å². The number of benzene rings is 1. The number of carbonyl (C=O) groups is 1. The predicted octanol–water partition coefficient (Wildman–Crippen LogP) is 2.80. The first-order valence-corrected chi connectivity index (χ1v) is 5.36. The van der Waals surface area contributed by atoms with Gasteiger partial charge in [0.2, 0.25) is 0 Å². The molecule has 1 aromatic carbocycles. The SMILES string of the molecule is Cn1nc(C=O)c(Br)c1-c1ccc(F)cc1. The molecule has 0 bridgehead atoms. The third kappa shape index (κ3) is 1.78. The van der Waals surface area contributed by atoms with Gasteiger partial charge in [-0.15, -0.1) is 0 Å². The van der Waals surface area contributed by atoms with Crippen LogP contribution in [0, 0.1) is 5.82 Å². The molecule has 0 spiro atoms. The van der Waals surface area contributed by atoms with Gasteiger partial charge in [0, 0.05) is 12.6 Å². The molecule has 1 heterocycles. The topological polar surface area (TPSA) is 34.9 Å². The minimum absolute atomic E-state index is 0.294. The van der Waals surface area contributed by atoms with E-state index in [0.29, 0.717) is 16.5 Å². The summed E-state index contributed by atoms with van der Waals surface area (Å²) in [6, 6.07) is 6.03. The Labute approximate surface area is 100 Å². The van der Waals surface area contributed by atoms with Crippen LogP contribution in [0.25, 0.3) is 11.3 Å². The largest absolute Gasteiger partial charge is 0.296 e. The maximum Gasteiger partial charge on any atom is 0.171 e. The second-order valence-electron chi connectivity index (χ2n) is 3.30. The summed E-state index contributed by atoms with van der Waals surface area (Å²) in [6.07, 6.45) is 0.678. The Morgan fingerprint density at radius 1 is 1.38 bits per heavy atom. The second-order valence-corrected chi connectivity index (χ2v) is 4.09. The highest BCUT2D eigenvalue weighted by molar-refractivity contribution is 9.10. The lowest BCUT2D eigenvalue weighted by atomic mass is 10.1. The summed E-state index contributed by atoms with van der Waals surface area (Å²) in [5.41, 5.74) is 1.89. The van der Waals surface area contributed by atoms with Gasteiger partial charge in [0.25, 0.3) is 0 Å². The van der Waals surface area contributed by atoms with Crippen molar-refractivity contribution in [1.29, 1.82) is 0 Å². The molecule has 0 aliphatic heterocycles. The zero-order valence-electron chi connectivity index (χ0n) is 8.45. The molecule has 0 saturated heterocycles. The molecule has 0 aliphatic carbocycles. The van der Waals surface area contributed by atoms with E-state index in [1.165, 1.54) is 12.1 Å². The van der Waals surface area contributed by atoms with Crippen molar-refractivity contribution in [1.82, 2.24) is 9.78 Å². The third-order valence-electron chi connectivity index (χ3n) is 2.24. The Morgan fingerprint density at radius 3 is 2.50 bits per heavy atom. The van der Waals surface area contributed by atoms with Crippen molar-refractivity contribution in [2.75, 3.05) is 0 Å². The number of carbonyl (C=O) groups excluding carboxylic acids is 1. The lowest BCUT2D eigenvalue weighted by molar-refractivity contribution is 0.111. The van der Waals surface area contributed by atoms with Gasteiger partial charge in [-0.1, -0.05) is 0 Å². The van der Waals surface area contributed by atoms with E-state index in [2.05, 4.69) is 21.0 Å². The van der Waals surface area contributed by atoms with Crippen LogP contribution >= 0.6 is 15.9 Å². The normalized spacial score (nSPS) is 10.4. The van der Waals surface area contributed by atoms with Crippen molar-refractivity contribution in [3.05, 3.63) is 40.2 Å². The fourth-order valence-corrected chi connectivity index (χ4v) is 2.17. The van der Waals surface area contributed by atoms with Crippen molar-refractivity contribution in [2.24, 2.45) is 7.05 Å². The number of hydrogen-bond acceptors (Lipinski definition) is 2. The summed E-state index contributed by atoms with van der Waals surface area (Å²) in [4.78, 5) is 10.7. The van der Waals surface area contributed by atoms with Gasteiger partial charge in [-0.2, -0.15) is 5.10 Å². The van der Waals surface area contributed by atoms with Crippen molar-refractivity contribution in [3.63, 3.8) is 0 Å². The van der Waals surface area contributed by atoms with Gasteiger partial charge in [0.05, 0.1) is 10.2 Å². The van der Waals surface area contributed by atoms with Crippen LogP contribution in [0.3, 0.4) is 0 Å². The van der Waals surface area contributed by atoms with Crippen molar-refractivity contribution < 1.29 is 9.18 Å². The van der Waals surface area contributed by atoms with Gasteiger partial charge < -0.3 is 0 Å². The fraction of sp³-hybridized carbons (Fsp3) is 0.0909. The minimum Gasteiger partial charge on any atom is -0.296 e. The molecular weight excluding hydrogens is 275 g/mol. The Balaban J connectivity index is 2.59. The van der Waals surface area contributed by atoms with Crippen LogP contribution in [-0.2, 0) is 7.05 Å². The first-order valence-electron chi connectivity index (χ1n) is 4.57. The highest BCUT2D eigenvalue weighted by Gasteiger charge is 2.14. The fourth-order valence-electron chi connectivity index (χ4n) is 1.52.